The Balaban J connectivity index is 1.81. The van der Waals surface area contributed by atoms with E-state index in [1.165, 1.54) is 11.1 Å². The number of esters is 1. The Labute approximate surface area is 153 Å². The van der Waals surface area contributed by atoms with E-state index in [0.29, 0.717) is 12.2 Å². The Hall–Kier alpha value is -3.20. The molecule has 3 nitrogen and oxygen atoms in total. The van der Waals surface area contributed by atoms with Gasteiger partial charge in [0.2, 0.25) is 0 Å². The van der Waals surface area contributed by atoms with Gasteiger partial charge in [-0.25, -0.2) is 9.79 Å². The average molecular weight is 341 g/mol. The largest absolute Gasteiger partial charge is 0.462 e. The topological polar surface area (TPSA) is 38.7 Å². The molecule has 0 saturated carbocycles. The van der Waals surface area contributed by atoms with E-state index in [4.69, 9.17) is 9.73 Å². The molecule has 3 aromatic rings. The first-order chi connectivity index (χ1) is 12.8. The minimum Gasteiger partial charge on any atom is -0.462 e. The molecule has 0 aromatic heterocycles. The summed E-state index contributed by atoms with van der Waals surface area (Å²) in [6, 6.07) is 24.1. The molecule has 3 aromatic carbocycles. The summed E-state index contributed by atoms with van der Waals surface area (Å²) in [7, 11) is 0. The van der Waals surface area contributed by atoms with Crippen molar-refractivity contribution in [2.75, 3.05) is 6.61 Å². The van der Waals surface area contributed by atoms with Crippen LogP contribution in [0.15, 0.2) is 77.8 Å². The number of nitrogens with zero attached hydrogens (tertiary/aromatic N) is 1. The van der Waals surface area contributed by atoms with Crippen molar-refractivity contribution in [3.8, 4) is 0 Å². The van der Waals surface area contributed by atoms with Crippen molar-refractivity contribution in [1.82, 2.24) is 0 Å². The number of hydrogen-bond donors (Lipinski definition) is 0. The van der Waals surface area contributed by atoms with Crippen molar-refractivity contribution in [1.29, 1.82) is 0 Å². The summed E-state index contributed by atoms with van der Waals surface area (Å²) in [4.78, 5) is 16.9. The third kappa shape index (κ3) is 3.04. The highest BCUT2D eigenvalue weighted by atomic mass is 16.5. The first kappa shape index (κ1) is 16.3. The van der Waals surface area contributed by atoms with Gasteiger partial charge in [0, 0.05) is 17.5 Å². The predicted octanol–water partition coefficient (Wildman–Crippen LogP) is 4.94. The second-order valence-corrected chi connectivity index (χ2v) is 6.22. The number of rotatable bonds is 3. The Kier molecular flexibility index (Phi) is 4.36. The standard InChI is InChI=1S/C23H19NO2/c1-2-26-23(25)17-13-11-16(12-14-17)22-20-9-5-3-7-18(20)15-19-8-4-6-10-21(19)24-22/h3-14H,2,15H2,1H3. The molecule has 0 atom stereocenters. The van der Waals surface area contributed by atoms with E-state index >= 15 is 0 Å². The van der Waals surface area contributed by atoms with Crippen molar-refractivity contribution in [3.63, 3.8) is 0 Å². The smallest absolute Gasteiger partial charge is 0.338 e. The maximum Gasteiger partial charge on any atom is 0.338 e. The SMILES string of the molecule is CCOC(=O)c1ccc(C2=Nc3ccccc3Cc3ccccc32)cc1. The third-order valence-corrected chi connectivity index (χ3v) is 4.55. The zero-order chi connectivity index (χ0) is 17.9. The number of aliphatic imine (C=N–C) groups is 1. The molecule has 1 aliphatic heterocycles. The van der Waals surface area contributed by atoms with Crippen molar-refractivity contribution in [2.45, 2.75) is 13.3 Å². The van der Waals surface area contributed by atoms with E-state index < -0.39 is 0 Å². The molecule has 0 aliphatic carbocycles. The molecule has 128 valence electrons. The Morgan fingerprint density at radius 3 is 2.38 bits per heavy atom. The molecule has 26 heavy (non-hydrogen) atoms. The lowest BCUT2D eigenvalue weighted by Crippen LogP contribution is -2.08. The van der Waals surface area contributed by atoms with Gasteiger partial charge < -0.3 is 4.74 Å². The molecule has 1 heterocycles. The highest BCUT2D eigenvalue weighted by molar-refractivity contribution is 6.15. The number of carbonyl (C=O) groups is 1. The van der Waals surface area contributed by atoms with Gasteiger partial charge in [-0.15, -0.1) is 0 Å². The highest BCUT2D eigenvalue weighted by Crippen LogP contribution is 2.30. The predicted molar refractivity (Wildman–Crippen MR) is 103 cm³/mol. The van der Waals surface area contributed by atoms with Gasteiger partial charge in [0.1, 0.15) is 0 Å². The van der Waals surface area contributed by atoms with Gasteiger partial charge in [0.25, 0.3) is 0 Å². The quantitative estimate of drug-likeness (QED) is 0.495. The van der Waals surface area contributed by atoms with E-state index in [-0.39, 0.29) is 5.97 Å². The van der Waals surface area contributed by atoms with Gasteiger partial charge in [-0.1, -0.05) is 54.6 Å². The lowest BCUT2D eigenvalue weighted by atomic mass is 9.94. The highest BCUT2D eigenvalue weighted by Gasteiger charge is 2.18. The van der Waals surface area contributed by atoms with Crippen LogP contribution >= 0.6 is 0 Å². The zero-order valence-electron chi connectivity index (χ0n) is 14.6. The van der Waals surface area contributed by atoms with Crippen molar-refractivity contribution in [2.24, 2.45) is 4.99 Å². The maximum absolute atomic E-state index is 11.9. The molecule has 4 rings (SSSR count). The number of ether oxygens (including phenoxy) is 1. The van der Waals surface area contributed by atoms with E-state index in [0.717, 1.165) is 28.9 Å². The second kappa shape index (κ2) is 6.96. The number of fused-ring (bicyclic) bond motifs is 2. The van der Waals surface area contributed by atoms with Crippen LogP contribution in [0.3, 0.4) is 0 Å². The van der Waals surface area contributed by atoms with Crippen molar-refractivity contribution in [3.05, 3.63) is 101 Å². The minimum atomic E-state index is -0.299. The maximum atomic E-state index is 11.9. The number of para-hydroxylation sites is 1. The monoisotopic (exact) mass is 341 g/mol. The van der Waals surface area contributed by atoms with Crippen LogP contribution in [0.25, 0.3) is 0 Å². The molecule has 0 unspecified atom stereocenters. The number of hydrogen-bond acceptors (Lipinski definition) is 3. The van der Waals surface area contributed by atoms with Crippen LogP contribution in [0.4, 0.5) is 5.69 Å². The molecule has 1 aliphatic rings. The van der Waals surface area contributed by atoms with Gasteiger partial charge in [-0.2, -0.15) is 0 Å². The van der Waals surface area contributed by atoms with Gasteiger partial charge in [-0.05, 0) is 36.2 Å². The average Bonchev–Trinajstić information content (AvgIpc) is 2.85. The molecule has 0 amide bonds. The van der Waals surface area contributed by atoms with Gasteiger partial charge >= 0.3 is 5.97 Å². The number of carbonyl (C=O) groups excluding carboxylic acids is 1. The fourth-order valence-corrected chi connectivity index (χ4v) is 3.26. The van der Waals surface area contributed by atoms with Gasteiger partial charge in [0.15, 0.2) is 0 Å². The Morgan fingerprint density at radius 2 is 1.62 bits per heavy atom. The first-order valence-corrected chi connectivity index (χ1v) is 8.78. The third-order valence-electron chi connectivity index (χ3n) is 4.55. The molecule has 0 fully saturated rings. The second-order valence-electron chi connectivity index (χ2n) is 6.22. The Morgan fingerprint density at radius 1 is 0.923 bits per heavy atom. The van der Waals surface area contributed by atoms with Crippen molar-refractivity contribution < 1.29 is 9.53 Å². The molecular formula is C23H19NO2. The van der Waals surface area contributed by atoms with E-state index in [2.05, 4.69) is 30.3 Å². The summed E-state index contributed by atoms with van der Waals surface area (Å²) >= 11 is 0. The number of benzene rings is 3. The van der Waals surface area contributed by atoms with Crippen molar-refractivity contribution >= 4 is 17.4 Å². The molecule has 0 radical (unpaired) electrons. The molecule has 0 bridgehead atoms. The van der Waals surface area contributed by atoms with Gasteiger partial charge in [0.05, 0.1) is 23.6 Å². The van der Waals surface area contributed by atoms with E-state index in [9.17, 15) is 4.79 Å². The Bertz CT molecular complexity index is 987. The van der Waals surface area contributed by atoms with Crippen LogP contribution in [-0.2, 0) is 11.2 Å². The first-order valence-electron chi connectivity index (χ1n) is 8.78. The van der Waals surface area contributed by atoms with Crippen LogP contribution < -0.4 is 0 Å². The van der Waals surface area contributed by atoms with Crippen LogP contribution in [0, 0.1) is 0 Å². The zero-order valence-corrected chi connectivity index (χ0v) is 14.6. The summed E-state index contributed by atoms with van der Waals surface area (Å²) in [5.41, 5.74) is 7.08. The molecule has 3 heteroatoms. The van der Waals surface area contributed by atoms with Crippen LogP contribution in [0.1, 0.15) is 39.5 Å². The summed E-state index contributed by atoms with van der Waals surface area (Å²) in [5, 5.41) is 0. The normalized spacial score (nSPS) is 12.4. The molecule has 0 spiro atoms. The summed E-state index contributed by atoms with van der Waals surface area (Å²) in [6.45, 7) is 2.18. The lowest BCUT2D eigenvalue weighted by molar-refractivity contribution is 0.0526. The van der Waals surface area contributed by atoms with Crippen LogP contribution in [-0.4, -0.2) is 18.3 Å². The summed E-state index contributed by atoms with van der Waals surface area (Å²) in [5.74, 6) is -0.299. The lowest BCUT2D eigenvalue weighted by Gasteiger charge is -2.10. The fraction of sp³-hybridized carbons (Fsp3) is 0.130. The fourth-order valence-electron chi connectivity index (χ4n) is 3.26. The summed E-state index contributed by atoms with van der Waals surface area (Å²) < 4.78 is 5.07. The van der Waals surface area contributed by atoms with E-state index in [1.807, 2.05) is 30.3 Å². The molecule has 0 N–H and O–H groups in total. The molecular weight excluding hydrogens is 322 g/mol. The minimum absolute atomic E-state index is 0.299. The summed E-state index contributed by atoms with van der Waals surface area (Å²) in [6.07, 6.45) is 0.861. The van der Waals surface area contributed by atoms with Crippen LogP contribution in [0.5, 0.6) is 0 Å². The molecule has 0 saturated heterocycles. The van der Waals surface area contributed by atoms with Crippen LogP contribution in [0.2, 0.25) is 0 Å². The van der Waals surface area contributed by atoms with Gasteiger partial charge in [-0.3, -0.25) is 0 Å². The van der Waals surface area contributed by atoms with E-state index in [1.54, 1.807) is 19.1 Å².